The Kier molecular flexibility index (Phi) is 4.18. The van der Waals surface area contributed by atoms with E-state index in [1.807, 2.05) is 18.2 Å². The van der Waals surface area contributed by atoms with Crippen molar-refractivity contribution in [3.05, 3.63) is 65.0 Å². The van der Waals surface area contributed by atoms with Crippen LogP contribution in [0.5, 0.6) is 0 Å². The second-order valence-electron chi connectivity index (χ2n) is 5.31. The predicted octanol–water partition coefficient (Wildman–Crippen LogP) is 2.15. The zero-order valence-electron chi connectivity index (χ0n) is 12.3. The maximum absolute atomic E-state index is 10.4. The van der Waals surface area contributed by atoms with E-state index in [9.17, 15) is 10.2 Å². The van der Waals surface area contributed by atoms with Crippen LogP contribution in [-0.2, 0) is 11.3 Å². The van der Waals surface area contributed by atoms with Crippen LogP contribution in [0.4, 0.5) is 0 Å². The number of aliphatic hydroxyl groups is 2. The molecule has 1 aromatic carbocycles. The minimum atomic E-state index is -0.977. The van der Waals surface area contributed by atoms with Gasteiger partial charge in [0.1, 0.15) is 19.3 Å². The van der Waals surface area contributed by atoms with Crippen molar-refractivity contribution in [1.29, 1.82) is 0 Å². The van der Waals surface area contributed by atoms with Gasteiger partial charge in [0.15, 0.2) is 0 Å². The van der Waals surface area contributed by atoms with E-state index in [1.165, 1.54) is 7.11 Å². The maximum Gasteiger partial charge on any atom is 0.109 e. The zero-order valence-corrected chi connectivity index (χ0v) is 12.3. The fourth-order valence-electron chi connectivity index (χ4n) is 2.80. The summed E-state index contributed by atoms with van der Waals surface area (Å²) in [4.78, 5) is 8.76. The number of aliphatic hydroxyl groups excluding tert-OH is 2. The number of benzene rings is 1. The van der Waals surface area contributed by atoms with Gasteiger partial charge in [-0.1, -0.05) is 23.4 Å². The van der Waals surface area contributed by atoms with Gasteiger partial charge < -0.3 is 15.1 Å². The van der Waals surface area contributed by atoms with Crippen LogP contribution in [-0.4, -0.2) is 28.0 Å². The van der Waals surface area contributed by atoms with Gasteiger partial charge in [-0.15, -0.1) is 0 Å². The van der Waals surface area contributed by atoms with Crippen LogP contribution in [0, 0.1) is 0 Å². The lowest BCUT2D eigenvalue weighted by molar-refractivity contribution is 0.0171. The van der Waals surface area contributed by atoms with E-state index in [4.69, 9.17) is 4.84 Å². The van der Waals surface area contributed by atoms with E-state index in [-0.39, 0.29) is 0 Å². The molecule has 1 aromatic heterocycles. The Morgan fingerprint density at radius 1 is 1.05 bits per heavy atom. The smallest absolute Gasteiger partial charge is 0.109 e. The molecule has 5 heteroatoms. The molecule has 0 saturated carbocycles. The average Bonchev–Trinajstić information content (AvgIpc) is 2.97. The molecule has 2 atom stereocenters. The van der Waals surface area contributed by atoms with Gasteiger partial charge in [0.05, 0.1) is 5.71 Å². The first kappa shape index (κ1) is 14.7. The highest BCUT2D eigenvalue weighted by Crippen LogP contribution is 2.32. The Morgan fingerprint density at radius 2 is 1.77 bits per heavy atom. The molecule has 1 aliphatic rings. The van der Waals surface area contributed by atoms with Crippen LogP contribution >= 0.6 is 0 Å². The first-order chi connectivity index (χ1) is 10.7. The Labute approximate surface area is 128 Å². The van der Waals surface area contributed by atoms with Crippen LogP contribution in [0.25, 0.3) is 0 Å². The Bertz CT molecular complexity index is 686. The summed E-state index contributed by atoms with van der Waals surface area (Å²) in [5, 5.41) is 24.7. The summed E-state index contributed by atoms with van der Waals surface area (Å²) < 4.78 is 0. The molecule has 2 aromatic rings. The van der Waals surface area contributed by atoms with Crippen molar-refractivity contribution >= 4 is 5.71 Å². The molecule has 114 valence electrons. The minimum absolute atomic E-state index is 0.643. The molecule has 1 aliphatic carbocycles. The monoisotopic (exact) mass is 298 g/mol. The average molecular weight is 298 g/mol. The quantitative estimate of drug-likeness (QED) is 0.848. The molecule has 1 heterocycles. The third-order valence-corrected chi connectivity index (χ3v) is 3.96. The topological polar surface area (TPSA) is 74.9 Å². The summed E-state index contributed by atoms with van der Waals surface area (Å²) in [6.07, 6.45) is 2.94. The lowest BCUT2D eigenvalue weighted by Crippen LogP contribution is -2.11. The van der Waals surface area contributed by atoms with Crippen LogP contribution in [0.3, 0.4) is 0 Å². The summed E-state index contributed by atoms with van der Waals surface area (Å²) >= 11 is 0. The minimum Gasteiger partial charge on any atom is -0.399 e. The second kappa shape index (κ2) is 6.25. The first-order valence-corrected chi connectivity index (χ1v) is 7.20. The maximum atomic E-state index is 10.4. The third-order valence-electron chi connectivity index (χ3n) is 3.96. The molecule has 0 aliphatic heterocycles. The zero-order chi connectivity index (χ0) is 15.5. The number of rotatable bonds is 4. The molecular formula is C17H18N2O3. The standard InChI is InChI=1S/C17H18N2O3/c1-22-19-15-5-3-12-10-13(2-4-14(12)15)17(21)16(20)11-6-8-18-9-7-11/h2,4,6-10,16-17,20-21H,3,5H2,1H3/b19-15+/t16-,17+/m1/s1. The molecule has 0 radical (unpaired) electrons. The van der Waals surface area contributed by atoms with Gasteiger partial charge in [-0.05, 0) is 41.7 Å². The summed E-state index contributed by atoms with van der Waals surface area (Å²) in [5.41, 5.74) is 4.44. The second-order valence-corrected chi connectivity index (χ2v) is 5.31. The number of nitrogens with zero attached hydrogens (tertiary/aromatic N) is 2. The number of oxime groups is 1. The Hall–Kier alpha value is -2.24. The van der Waals surface area contributed by atoms with E-state index in [2.05, 4.69) is 10.1 Å². The molecule has 5 nitrogen and oxygen atoms in total. The van der Waals surface area contributed by atoms with E-state index in [0.717, 1.165) is 29.7 Å². The SMILES string of the molecule is CO/N=C1\CCc2cc([C@H](O)[C@H](O)c3ccncc3)ccc21. The van der Waals surface area contributed by atoms with Crippen molar-refractivity contribution in [2.75, 3.05) is 7.11 Å². The molecular weight excluding hydrogens is 280 g/mol. The van der Waals surface area contributed by atoms with Gasteiger partial charge in [-0.25, -0.2) is 0 Å². The van der Waals surface area contributed by atoms with E-state index >= 15 is 0 Å². The number of hydrogen-bond donors (Lipinski definition) is 2. The number of fused-ring (bicyclic) bond motifs is 1. The highest BCUT2D eigenvalue weighted by Gasteiger charge is 2.24. The van der Waals surface area contributed by atoms with Crippen molar-refractivity contribution in [2.24, 2.45) is 5.16 Å². The van der Waals surface area contributed by atoms with Crippen molar-refractivity contribution < 1.29 is 15.1 Å². The fourth-order valence-corrected chi connectivity index (χ4v) is 2.80. The normalized spacial score (nSPS) is 18.0. The van der Waals surface area contributed by atoms with Crippen LogP contribution in [0.15, 0.2) is 47.9 Å². The van der Waals surface area contributed by atoms with Gasteiger partial charge in [-0.2, -0.15) is 0 Å². The van der Waals surface area contributed by atoms with E-state index in [1.54, 1.807) is 24.5 Å². The Morgan fingerprint density at radius 3 is 2.50 bits per heavy atom. The van der Waals surface area contributed by atoms with E-state index < -0.39 is 12.2 Å². The molecule has 3 rings (SSSR count). The van der Waals surface area contributed by atoms with Crippen molar-refractivity contribution in [3.8, 4) is 0 Å². The van der Waals surface area contributed by atoms with Crippen molar-refractivity contribution in [2.45, 2.75) is 25.0 Å². The van der Waals surface area contributed by atoms with Gasteiger partial charge in [0.25, 0.3) is 0 Å². The van der Waals surface area contributed by atoms with Crippen molar-refractivity contribution in [1.82, 2.24) is 4.98 Å². The Balaban J connectivity index is 1.86. The van der Waals surface area contributed by atoms with Gasteiger partial charge in [0, 0.05) is 18.0 Å². The largest absolute Gasteiger partial charge is 0.399 e. The highest BCUT2D eigenvalue weighted by atomic mass is 16.6. The summed E-state index contributed by atoms with van der Waals surface area (Å²) in [7, 11) is 1.54. The fraction of sp³-hybridized carbons (Fsp3) is 0.294. The molecule has 22 heavy (non-hydrogen) atoms. The molecule has 2 N–H and O–H groups in total. The van der Waals surface area contributed by atoms with Crippen LogP contribution in [0.2, 0.25) is 0 Å². The number of aromatic nitrogens is 1. The summed E-state index contributed by atoms with van der Waals surface area (Å²) in [6.45, 7) is 0. The van der Waals surface area contributed by atoms with Gasteiger partial charge in [0.2, 0.25) is 0 Å². The highest BCUT2D eigenvalue weighted by molar-refractivity contribution is 6.04. The lowest BCUT2D eigenvalue weighted by Gasteiger charge is -2.19. The van der Waals surface area contributed by atoms with Crippen molar-refractivity contribution in [3.63, 3.8) is 0 Å². The molecule has 0 fully saturated rings. The number of pyridine rings is 1. The van der Waals surface area contributed by atoms with Gasteiger partial charge >= 0.3 is 0 Å². The first-order valence-electron chi connectivity index (χ1n) is 7.20. The number of hydrogen-bond acceptors (Lipinski definition) is 5. The van der Waals surface area contributed by atoms with Crippen LogP contribution < -0.4 is 0 Å². The molecule has 0 spiro atoms. The number of aryl methyl sites for hydroxylation is 1. The summed E-state index contributed by atoms with van der Waals surface area (Å²) in [5.74, 6) is 0. The van der Waals surface area contributed by atoms with Gasteiger partial charge in [-0.3, -0.25) is 4.98 Å². The molecule has 0 bridgehead atoms. The third kappa shape index (κ3) is 2.73. The molecule has 0 unspecified atom stereocenters. The molecule has 0 saturated heterocycles. The van der Waals surface area contributed by atoms with E-state index in [0.29, 0.717) is 11.1 Å². The molecule has 0 amide bonds. The van der Waals surface area contributed by atoms with Crippen LogP contribution in [0.1, 0.15) is 40.9 Å². The summed E-state index contributed by atoms with van der Waals surface area (Å²) in [6, 6.07) is 9.08. The lowest BCUT2D eigenvalue weighted by atomic mass is 9.96. The predicted molar refractivity (Wildman–Crippen MR) is 82.5 cm³/mol.